The minimum absolute atomic E-state index is 0.342. The molecule has 6 atom stereocenters. The summed E-state index contributed by atoms with van der Waals surface area (Å²) in [7, 11) is 0. The van der Waals surface area contributed by atoms with Crippen LogP contribution in [0.5, 0.6) is 0 Å². The third kappa shape index (κ3) is 2.43. The van der Waals surface area contributed by atoms with Crippen molar-refractivity contribution in [2.75, 3.05) is 6.54 Å². The van der Waals surface area contributed by atoms with Gasteiger partial charge in [-0.1, -0.05) is 50.2 Å². The van der Waals surface area contributed by atoms with Crippen LogP contribution in [-0.4, -0.2) is 28.1 Å². The van der Waals surface area contributed by atoms with E-state index in [0.29, 0.717) is 23.4 Å². The summed E-state index contributed by atoms with van der Waals surface area (Å²) in [6, 6.07) is 25.9. The molecule has 2 nitrogen and oxygen atoms in total. The van der Waals surface area contributed by atoms with Crippen molar-refractivity contribution < 1.29 is 0 Å². The third-order valence-corrected chi connectivity index (χ3v) is 8.94. The van der Waals surface area contributed by atoms with Crippen molar-refractivity contribution >= 4 is 21.8 Å². The molecule has 2 saturated heterocycles. The first-order valence-electron chi connectivity index (χ1n) is 11.8. The molecule has 3 aromatic carbocycles. The fourth-order valence-electron chi connectivity index (χ4n) is 7.10. The summed E-state index contributed by atoms with van der Waals surface area (Å²) in [5, 5.41) is 2.74. The Morgan fingerprint density at radius 3 is 2.26 bits per heavy atom. The number of benzene rings is 3. The number of rotatable bonds is 2. The quantitative estimate of drug-likeness (QED) is 0.349. The zero-order valence-electron chi connectivity index (χ0n) is 19.3. The van der Waals surface area contributed by atoms with E-state index in [0.717, 1.165) is 5.92 Å². The van der Waals surface area contributed by atoms with Gasteiger partial charge in [0.25, 0.3) is 0 Å². The van der Waals surface area contributed by atoms with Crippen molar-refractivity contribution in [2.24, 2.45) is 11.3 Å². The lowest BCUT2D eigenvalue weighted by molar-refractivity contribution is 0.112. The summed E-state index contributed by atoms with van der Waals surface area (Å²) < 4.78 is 2.43. The molecule has 2 aliphatic rings. The molecule has 4 aromatic rings. The van der Waals surface area contributed by atoms with Crippen LogP contribution in [0.15, 0.2) is 66.7 Å². The number of fused-ring (bicyclic) bond motifs is 5. The van der Waals surface area contributed by atoms with E-state index in [4.69, 9.17) is 0 Å². The summed E-state index contributed by atoms with van der Waals surface area (Å²) in [5.41, 5.74) is 7.16. The van der Waals surface area contributed by atoms with E-state index in [1.54, 1.807) is 5.56 Å². The lowest BCUT2D eigenvalue weighted by atomic mass is 9.63. The second-order valence-corrected chi connectivity index (χ2v) is 10.3. The van der Waals surface area contributed by atoms with E-state index in [-0.39, 0.29) is 0 Å². The maximum atomic E-state index is 2.76. The van der Waals surface area contributed by atoms with Crippen molar-refractivity contribution in [2.45, 2.75) is 52.6 Å². The van der Waals surface area contributed by atoms with Gasteiger partial charge in [-0.2, -0.15) is 0 Å². The summed E-state index contributed by atoms with van der Waals surface area (Å²) in [5.74, 6) is 1.30. The molecule has 2 heteroatoms. The Morgan fingerprint density at radius 1 is 0.806 bits per heavy atom. The van der Waals surface area contributed by atoms with Crippen molar-refractivity contribution in [3.05, 3.63) is 77.9 Å². The monoisotopic (exact) mass is 408 g/mol. The highest BCUT2D eigenvalue weighted by atomic mass is 15.3. The van der Waals surface area contributed by atoms with E-state index in [9.17, 15) is 0 Å². The molecule has 6 unspecified atom stereocenters. The number of para-hydroxylation sites is 2. The predicted octanol–water partition coefficient (Wildman–Crippen LogP) is 6.92. The van der Waals surface area contributed by atoms with E-state index >= 15 is 0 Å². The molecule has 2 fully saturated rings. The average molecular weight is 409 g/mol. The van der Waals surface area contributed by atoms with Gasteiger partial charge in [0.15, 0.2) is 0 Å². The van der Waals surface area contributed by atoms with Gasteiger partial charge in [-0.05, 0) is 73.6 Å². The van der Waals surface area contributed by atoms with Gasteiger partial charge in [0.05, 0.1) is 11.0 Å². The number of nitrogens with zero attached hydrogens (tertiary/aromatic N) is 2. The van der Waals surface area contributed by atoms with Crippen LogP contribution < -0.4 is 0 Å². The summed E-state index contributed by atoms with van der Waals surface area (Å²) in [6.07, 6.45) is 0. The Labute approximate surface area is 185 Å². The van der Waals surface area contributed by atoms with Crippen molar-refractivity contribution in [3.63, 3.8) is 0 Å². The molecule has 0 amide bonds. The Kier molecular flexibility index (Phi) is 3.99. The lowest BCUT2D eigenvalue weighted by Crippen LogP contribution is -2.45. The Balaban J connectivity index is 1.62. The van der Waals surface area contributed by atoms with Crippen LogP contribution in [0.2, 0.25) is 0 Å². The second kappa shape index (κ2) is 6.46. The number of aromatic nitrogens is 1. The summed E-state index contributed by atoms with van der Waals surface area (Å²) in [6.45, 7) is 13.4. The van der Waals surface area contributed by atoms with Gasteiger partial charge in [0.2, 0.25) is 0 Å². The van der Waals surface area contributed by atoms with Crippen LogP contribution in [-0.2, 0) is 0 Å². The Bertz CT molecular complexity index is 1300. The first-order valence-corrected chi connectivity index (χ1v) is 11.8. The van der Waals surface area contributed by atoms with Gasteiger partial charge < -0.3 is 4.57 Å². The van der Waals surface area contributed by atoms with E-state index in [1.165, 1.54) is 39.6 Å². The number of hydrogen-bond donors (Lipinski definition) is 0. The minimum Gasteiger partial charge on any atom is -0.309 e. The van der Waals surface area contributed by atoms with Gasteiger partial charge in [0, 0.05) is 41.0 Å². The largest absolute Gasteiger partial charge is 0.309 e. The molecule has 0 radical (unpaired) electrons. The minimum atomic E-state index is 0.342. The van der Waals surface area contributed by atoms with Crippen LogP contribution >= 0.6 is 0 Å². The van der Waals surface area contributed by atoms with Crippen LogP contribution in [0, 0.1) is 18.3 Å². The second-order valence-electron chi connectivity index (χ2n) is 10.3. The number of aryl methyl sites for hydroxylation is 1. The molecule has 0 aliphatic carbocycles. The molecule has 2 bridgehead atoms. The van der Waals surface area contributed by atoms with Crippen molar-refractivity contribution in [1.29, 1.82) is 0 Å². The van der Waals surface area contributed by atoms with E-state index in [2.05, 4.69) is 111 Å². The molecular weight excluding hydrogens is 376 g/mol. The molecule has 31 heavy (non-hydrogen) atoms. The Hall–Kier alpha value is -2.58. The Morgan fingerprint density at radius 2 is 1.52 bits per heavy atom. The maximum Gasteiger partial charge on any atom is 0.0543 e. The molecule has 6 rings (SSSR count). The fraction of sp³-hybridized carbons (Fsp3) is 0.379. The van der Waals surface area contributed by atoms with Gasteiger partial charge in [-0.3, -0.25) is 4.90 Å². The molecule has 0 N–H and O–H groups in total. The molecule has 0 saturated carbocycles. The van der Waals surface area contributed by atoms with Crippen LogP contribution in [0.4, 0.5) is 0 Å². The molecular formula is C29H32N2. The predicted molar refractivity (Wildman–Crippen MR) is 131 cm³/mol. The topological polar surface area (TPSA) is 8.17 Å². The normalized spacial score (nSPS) is 32.4. The molecule has 1 aromatic heterocycles. The molecule has 0 spiro atoms. The zero-order valence-corrected chi connectivity index (χ0v) is 19.3. The fourth-order valence-corrected chi connectivity index (χ4v) is 7.10. The summed E-state index contributed by atoms with van der Waals surface area (Å²) >= 11 is 0. The molecule has 3 heterocycles. The SMILES string of the molecule is Cc1cc2c(cc1C1C(C)N3CC1(C)C(C)C3C)c1ccccc1n2-c1ccccc1. The average Bonchev–Trinajstić information content (AvgIpc) is 3.32. The standard InChI is InChI=1S/C29H32N2/c1-18-15-27-25(16-24(18)28-21(4)30-17-29(28,5)19(2)20(30)3)23-13-9-10-14-26(23)31(27)22-11-7-6-8-12-22/h6-16,19-21,28H,17H2,1-5H3. The highest BCUT2D eigenvalue weighted by Crippen LogP contribution is 2.59. The number of piperidine rings is 1. The first kappa shape index (κ1) is 19.1. The van der Waals surface area contributed by atoms with E-state index < -0.39 is 0 Å². The first-order chi connectivity index (χ1) is 14.9. The van der Waals surface area contributed by atoms with Gasteiger partial charge in [0.1, 0.15) is 0 Å². The van der Waals surface area contributed by atoms with Crippen LogP contribution in [0.1, 0.15) is 44.7 Å². The summed E-state index contributed by atoms with van der Waals surface area (Å²) in [4.78, 5) is 2.76. The third-order valence-electron chi connectivity index (χ3n) is 8.94. The van der Waals surface area contributed by atoms with Crippen LogP contribution in [0.3, 0.4) is 0 Å². The van der Waals surface area contributed by atoms with Crippen LogP contribution in [0.25, 0.3) is 27.5 Å². The highest BCUT2D eigenvalue weighted by Gasteiger charge is 2.59. The number of hydrogen-bond acceptors (Lipinski definition) is 1. The van der Waals surface area contributed by atoms with Gasteiger partial charge in [-0.25, -0.2) is 0 Å². The molecule has 2 aliphatic heterocycles. The smallest absolute Gasteiger partial charge is 0.0543 e. The van der Waals surface area contributed by atoms with Gasteiger partial charge >= 0.3 is 0 Å². The van der Waals surface area contributed by atoms with Crippen molar-refractivity contribution in [3.8, 4) is 5.69 Å². The highest BCUT2D eigenvalue weighted by molar-refractivity contribution is 6.09. The van der Waals surface area contributed by atoms with Crippen molar-refractivity contribution in [1.82, 2.24) is 9.47 Å². The van der Waals surface area contributed by atoms with Gasteiger partial charge in [-0.15, -0.1) is 0 Å². The van der Waals surface area contributed by atoms with E-state index in [1.807, 2.05) is 0 Å². The maximum absolute atomic E-state index is 2.76. The molecule has 158 valence electrons. The lowest BCUT2D eigenvalue weighted by Gasteiger charge is -2.44. The zero-order chi connectivity index (χ0) is 21.5.